The molecule has 1 fully saturated rings. The number of likely N-dealkylation sites (tertiary alicyclic amines) is 1. The van der Waals surface area contributed by atoms with E-state index in [0.29, 0.717) is 24.1 Å². The lowest BCUT2D eigenvalue weighted by molar-refractivity contribution is -0.122. The highest BCUT2D eigenvalue weighted by molar-refractivity contribution is 5.77. The molecular formula is C12H14N6O2. The average Bonchev–Trinajstić information content (AvgIpc) is 2.92. The maximum atomic E-state index is 11.2. The van der Waals surface area contributed by atoms with Crippen molar-refractivity contribution in [3.63, 3.8) is 0 Å². The molecule has 104 valence electrons. The third-order valence-corrected chi connectivity index (χ3v) is 3.16. The zero-order valence-corrected chi connectivity index (χ0v) is 11.0. The number of carbonyl (C=O) groups is 1. The number of aromatic nitrogens is 4. The maximum absolute atomic E-state index is 11.2. The predicted molar refractivity (Wildman–Crippen MR) is 68.6 cm³/mol. The quantitative estimate of drug-likeness (QED) is 0.815. The van der Waals surface area contributed by atoms with Crippen LogP contribution in [0.5, 0.6) is 0 Å². The van der Waals surface area contributed by atoms with Crippen LogP contribution in [0, 0.1) is 0 Å². The van der Waals surface area contributed by atoms with Crippen LogP contribution in [-0.4, -0.2) is 57.6 Å². The molecular weight excluding hydrogens is 260 g/mol. The minimum Gasteiger partial charge on any atom is -0.358 e. The van der Waals surface area contributed by atoms with Crippen LogP contribution in [0.3, 0.4) is 0 Å². The third-order valence-electron chi connectivity index (χ3n) is 3.16. The monoisotopic (exact) mass is 274 g/mol. The van der Waals surface area contributed by atoms with Gasteiger partial charge in [0.15, 0.2) is 0 Å². The molecule has 0 aromatic carbocycles. The molecule has 3 heterocycles. The van der Waals surface area contributed by atoms with Gasteiger partial charge in [-0.15, -0.1) is 0 Å². The number of hydrogen-bond donors (Lipinski definition) is 1. The van der Waals surface area contributed by atoms with E-state index in [4.69, 9.17) is 4.52 Å². The van der Waals surface area contributed by atoms with Gasteiger partial charge in [0, 0.05) is 32.5 Å². The molecule has 0 bridgehead atoms. The van der Waals surface area contributed by atoms with Gasteiger partial charge < -0.3 is 9.84 Å². The Kier molecular flexibility index (Phi) is 3.38. The van der Waals surface area contributed by atoms with Crippen LogP contribution < -0.4 is 5.32 Å². The smallest absolute Gasteiger partial charge is 0.240 e. The Morgan fingerprint density at radius 3 is 2.85 bits per heavy atom. The van der Waals surface area contributed by atoms with Gasteiger partial charge in [-0.2, -0.15) is 4.98 Å². The Morgan fingerprint density at radius 1 is 1.40 bits per heavy atom. The number of nitrogens with zero attached hydrogens (tertiary/aromatic N) is 5. The molecule has 2 aromatic heterocycles. The van der Waals surface area contributed by atoms with Crippen molar-refractivity contribution in [1.29, 1.82) is 0 Å². The summed E-state index contributed by atoms with van der Waals surface area (Å²) in [6.45, 7) is 1.88. The zero-order chi connectivity index (χ0) is 13.9. The van der Waals surface area contributed by atoms with E-state index >= 15 is 0 Å². The van der Waals surface area contributed by atoms with Gasteiger partial charge in [-0.25, -0.2) is 9.97 Å². The summed E-state index contributed by atoms with van der Waals surface area (Å²) in [6, 6.07) is 1.73. The molecule has 0 saturated carbocycles. The van der Waals surface area contributed by atoms with Gasteiger partial charge in [-0.05, 0) is 6.07 Å². The van der Waals surface area contributed by atoms with Crippen LogP contribution in [0.15, 0.2) is 23.0 Å². The molecule has 2 aromatic rings. The topological polar surface area (TPSA) is 97.0 Å². The van der Waals surface area contributed by atoms with Gasteiger partial charge in [-0.1, -0.05) is 5.16 Å². The molecule has 1 amide bonds. The molecule has 0 aliphatic carbocycles. The SMILES string of the molecule is CNC(=O)CN1CC(c2nc(-c3ncccn3)no2)C1. The largest absolute Gasteiger partial charge is 0.358 e. The lowest BCUT2D eigenvalue weighted by Gasteiger charge is -2.36. The average molecular weight is 274 g/mol. The van der Waals surface area contributed by atoms with Crippen LogP contribution in [0.4, 0.5) is 0 Å². The molecule has 0 spiro atoms. The number of likely N-dealkylation sites (N-methyl/N-ethyl adjacent to an activating group) is 1. The normalized spacial score (nSPS) is 15.8. The van der Waals surface area contributed by atoms with Crippen LogP contribution in [0.1, 0.15) is 11.8 Å². The van der Waals surface area contributed by atoms with Crippen molar-refractivity contribution in [2.24, 2.45) is 0 Å². The Balaban J connectivity index is 1.61. The first-order chi connectivity index (χ1) is 9.76. The standard InChI is InChI=1S/C12H14N6O2/c1-13-9(19)7-18-5-8(6-18)12-16-11(17-20-12)10-14-3-2-4-15-10/h2-4,8H,5-7H2,1H3,(H,13,19). The van der Waals surface area contributed by atoms with E-state index < -0.39 is 0 Å². The number of amides is 1. The van der Waals surface area contributed by atoms with E-state index in [2.05, 4.69) is 25.4 Å². The molecule has 20 heavy (non-hydrogen) atoms. The number of nitrogens with one attached hydrogen (secondary N) is 1. The summed E-state index contributed by atoms with van der Waals surface area (Å²) in [5.41, 5.74) is 0. The van der Waals surface area contributed by atoms with Crippen LogP contribution in [0.2, 0.25) is 0 Å². The van der Waals surface area contributed by atoms with E-state index in [1.54, 1.807) is 25.5 Å². The minimum absolute atomic E-state index is 0.00681. The summed E-state index contributed by atoms with van der Waals surface area (Å²) in [6.07, 6.45) is 3.26. The van der Waals surface area contributed by atoms with Crippen molar-refractivity contribution in [2.75, 3.05) is 26.7 Å². The molecule has 1 saturated heterocycles. The van der Waals surface area contributed by atoms with Crippen molar-refractivity contribution >= 4 is 5.91 Å². The highest BCUT2D eigenvalue weighted by Gasteiger charge is 2.33. The molecule has 0 atom stereocenters. The highest BCUT2D eigenvalue weighted by atomic mass is 16.5. The fraction of sp³-hybridized carbons (Fsp3) is 0.417. The number of rotatable bonds is 4. The summed E-state index contributed by atoms with van der Waals surface area (Å²) < 4.78 is 5.23. The Labute approximate surface area is 115 Å². The number of hydrogen-bond acceptors (Lipinski definition) is 7. The Morgan fingerprint density at radius 2 is 2.15 bits per heavy atom. The predicted octanol–water partition coefficient (Wildman–Crippen LogP) is -0.328. The van der Waals surface area contributed by atoms with Gasteiger partial charge in [0.1, 0.15) is 0 Å². The second-order valence-corrected chi connectivity index (χ2v) is 4.59. The second-order valence-electron chi connectivity index (χ2n) is 4.59. The molecule has 0 unspecified atom stereocenters. The Bertz CT molecular complexity index is 593. The first kappa shape index (κ1) is 12.7. The van der Waals surface area contributed by atoms with Crippen molar-refractivity contribution < 1.29 is 9.32 Å². The van der Waals surface area contributed by atoms with Crippen molar-refractivity contribution in [3.8, 4) is 11.6 Å². The lowest BCUT2D eigenvalue weighted by atomic mass is 10.0. The highest BCUT2D eigenvalue weighted by Crippen LogP contribution is 2.26. The third kappa shape index (κ3) is 2.50. The van der Waals surface area contributed by atoms with Crippen molar-refractivity contribution in [3.05, 3.63) is 24.4 Å². The molecule has 8 heteroatoms. The molecule has 0 radical (unpaired) electrons. The van der Waals surface area contributed by atoms with Gasteiger partial charge in [0.25, 0.3) is 0 Å². The molecule has 1 N–H and O–H groups in total. The van der Waals surface area contributed by atoms with Gasteiger partial charge >= 0.3 is 0 Å². The fourth-order valence-corrected chi connectivity index (χ4v) is 2.04. The summed E-state index contributed by atoms with van der Waals surface area (Å²) >= 11 is 0. The first-order valence-electron chi connectivity index (χ1n) is 6.30. The maximum Gasteiger partial charge on any atom is 0.240 e. The lowest BCUT2D eigenvalue weighted by Crippen LogP contribution is -2.49. The van der Waals surface area contributed by atoms with Gasteiger partial charge in [0.2, 0.25) is 23.4 Å². The summed E-state index contributed by atoms with van der Waals surface area (Å²) in [5.74, 6) is 1.59. The van der Waals surface area contributed by atoms with Gasteiger partial charge in [-0.3, -0.25) is 9.69 Å². The second kappa shape index (κ2) is 5.33. The van der Waals surface area contributed by atoms with E-state index in [1.807, 2.05) is 4.90 Å². The molecule has 1 aliphatic rings. The van der Waals surface area contributed by atoms with Crippen LogP contribution in [0.25, 0.3) is 11.6 Å². The van der Waals surface area contributed by atoms with E-state index in [-0.39, 0.29) is 11.8 Å². The van der Waals surface area contributed by atoms with E-state index in [9.17, 15) is 4.79 Å². The van der Waals surface area contributed by atoms with Crippen molar-refractivity contribution in [2.45, 2.75) is 5.92 Å². The van der Waals surface area contributed by atoms with Crippen LogP contribution in [-0.2, 0) is 4.79 Å². The van der Waals surface area contributed by atoms with Gasteiger partial charge in [0.05, 0.1) is 12.5 Å². The minimum atomic E-state index is 0.00681. The van der Waals surface area contributed by atoms with E-state index in [0.717, 1.165) is 13.1 Å². The summed E-state index contributed by atoms with van der Waals surface area (Å²) in [4.78, 5) is 25.7. The van der Waals surface area contributed by atoms with E-state index in [1.165, 1.54) is 0 Å². The summed E-state index contributed by atoms with van der Waals surface area (Å²) in [7, 11) is 1.63. The number of carbonyl (C=O) groups excluding carboxylic acids is 1. The first-order valence-corrected chi connectivity index (χ1v) is 6.30. The van der Waals surface area contributed by atoms with Crippen molar-refractivity contribution in [1.82, 2.24) is 30.3 Å². The molecule has 1 aliphatic heterocycles. The fourth-order valence-electron chi connectivity index (χ4n) is 2.04. The molecule has 8 nitrogen and oxygen atoms in total. The van der Waals surface area contributed by atoms with Crippen LogP contribution >= 0.6 is 0 Å². The summed E-state index contributed by atoms with van der Waals surface area (Å²) in [5, 5.41) is 6.48. The zero-order valence-electron chi connectivity index (χ0n) is 11.0. The molecule has 3 rings (SSSR count). The Hall–Kier alpha value is -2.35.